The van der Waals surface area contributed by atoms with E-state index >= 15 is 0 Å². The predicted octanol–water partition coefficient (Wildman–Crippen LogP) is 3.61. The number of aryl methyl sites for hydroxylation is 2. The minimum atomic E-state index is -0.412. The number of aliphatic hydroxyl groups excluding tert-OH is 1. The molecule has 0 aromatic carbocycles. The van der Waals surface area contributed by atoms with Crippen LogP contribution in [0.1, 0.15) is 47.2 Å². The van der Waals surface area contributed by atoms with Crippen molar-refractivity contribution >= 4 is 11.3 Å². The zero-order chi connectivity index (χ0) is 12.5. The van der Waals surface area contributed by atoms with Crippen LogP contribution in [0.4, 0.5) is 0 Å². The van der Waals surface area contributed by atoms with E-state index in [1.54, 1.807) is 11.3 Å². The fourth-order valence-corrected chi connectivity index (χ4v) is 3.72. The van der Waals surface area contributed by atoms with E-state index in [9.17, 15) is 5.11 Å². The summed E-state index contributed by atoms with van der Waals surface area (Å²) in [5.74, 6) is 0.156. The third-order valence-corrected chi connectivity index (χ3v) is 4.71. The Labute approximate surface area is 111 Å². The van der Waals surface area contributed by atoms with Crippen LogP contribution in [0.5, 0.6) is 0 Å². The van der Waals surface area contributed by atoms with E-state index < -0.39 is 6.10 Å². The van der Waals surface area contributed by atoms with Crippen molar-refractivity contribution < 1.29 is 5.11 Å². The number of aliphatic hydroxyl groups is 1. The second kappa shape index (κ2) is 4.82. The highest BCUT2D eigenvalue weighted by Gasteiger charge is 2.29. The number of rotatable bonds is 2. The molecule has 0 saturated carbocycles. The van der Waals surface area contributed by atoms with E-state index in [2.05, 4.69) is 28.7 Å². The highest BCUT2D eigenvalue weighted by Crippen LogP contribution is 2.40. The van der Waals surface area contributed by atoms with E-state index in [-0.39, 0.29) is 5.92 Å². The molecule has 2 unspecified atom stereocenters. The van der Waals surface area contributed by atoms with Crippen LogP contribution in [0.2, 0.25) is 0 Å². The standard InChI is InChI=1S/C15H17NOS/c1-10-8-18-9-13(10)15(17)12-6-2-4-11-5-3-7-16-14(11)12/h3,5,7-9,12,15,17H,2,4,6H2,1H3. The summed E-state index contributed by atoms with van der Waals surface area (Å²) in [5.41, 5.74) is 4.67. The van der Waals surface area contributed by atoms with Crippen molar-refractivity contribution in [2.75, 3.05) is 0 Å². The first kappa shape index (κ1) is 11.9. The van der Waals surface area contributed by atoms with Crippen molar-refractivity contribution in [3.05, 3.63) is 51.5 Å². The van der Waals surface area contributed by atoms with Gasteiger partial charge in [-0.1, -0.05) is 6.07 Å². The molecular formula is C15H17NOS. The molecule has 2 atom stereocenters. The first-order valence-corrected chi connectivity index (χ1v) is 7.36. The third kappa shape index (κ3) is 1.98. The molecule has 94 valence electrons. The molecule has 0 amide bonds. The second-order valence-corrected chi connectivity index (χ2v) is 5.75. The smallest absolute Gasteiger partial charge is 0.0884 e. The maximum absolute atomic E-state index is 10.6. The van der Waals surface area contributed by atoms with Gasteiger partial charge in [-0.25, -0.2) is 0 Å². The SMILES string of the molecule is Cc1cscc1C(O)C1CCCc2cccnc21. The molecule has 2 aromatic heterocycles. The van der Waals surface area contributed by atoms with Crippen LogP contribution in [0.15, 0.2) is 29.1 Å². The second-order valence-electron chi connectivity index (χ2n) is 5.00. The van der Waals surface area contributed by atoms with Gasteiger partial charge in [0.2, 0.25) is 0 Å². The van der Waals surface area contributed by atoms with E-state index in [4.69, 9.17) is 0 Å². The van der Waals surface area contributed by atoms with Crippen LogP contribution in [-0.2, 0) is 6.42 Å². The fourth-order valence-electron chi connectivity index (χ4n) is 2.84. The number of hydrogen-bond acceptors (Lipinski definition) is 3. The van der Waals surface area contributed by atoms with Gasteiger partial charge >= 0.3 is 0 Å². The Hall–Kier alpha value is -1.19. The summed E-state index contributed by atoms with van der Waals surface area (Å²) in [5, 5.41) is 14.8. The normalized spacial score (nSPS) is 20.4. The van der Waals surface area contributed by atoms with Crippen LogP contribution in [0, 0.1) is 6.92 Å². The average molecular weight is 259 g/mol. The van der Waals surface area contributed by atoms with Gasteiger partial charge in [0.1, 0.15) is 0 Å². The summed E-state index contributed by atoms with van der Waals surface area (Å²) in [7, 11) is 0. The first-order valence-electron chi connectivity index (χ1n) is 6.42. The van der Waals surface area contributed by atoms with Gasteiger partial charge in [-0.3, -0.25) is 4.98 Å². The molecule has 0 spiro atoms. The number of pyridine rings is 1. The molecule has 2 heterocycles. The maximum atomic E-state index is 10.6. The summed E-state index contributed by atoms with van der Waals surface area (Å²) in [6.45, 7) is 2.07. The monoisotopic (exact) mass is 259 g/mol. The van der Waals surface area contributed by atoms with Crippen molar-refractivity contribution in [3.8, 4) is 0 Å². The lowest BCUT2D eigenvalue weighted by Gasteiger charge is -2.28. The Morgan fingerprint density at radius 1 is 1.44 bits per heavy atom. The molecule has 0 aliphatic heterocycles. The topological polar surface area (TPSA) is 33.1 Å². The molecule has 0 radical (unpaired) electrons. The number of thiophene rings is 1. The molecule has 0 fully saturated rings. The molecule has 18 heavy (non-hydrogen) atoms. The molecule has 2 nitrogen and oxygen atoms in total. The van der Waals surface area contributed by atoms with Crippen LogP contribution < -0.4 is 0 Å². The summed E-state index contributed by atoms with van der Waals surface area (Å²) in [6.07, 6.45) is 4.69. The zero-order valence-electron chi connectivity index (χ0n) is 10.5. The summed E-state index contributed by atoms with van der Waals surface area (Å²) < 4.78 is 0. The van der Waals surface area contributed by atoms with Gasteiger partial charge in [0.15, 0.2) is 0 Å². The van der Waals surface area contributed by atoms with Crippen molar-refractivity contribution in [2.45, 2.75) is 38.2 Å². The third-order valence-electron chi connectivity index (χ3n) is 3.83. The van der Waals surface area contributed by atoms with Gasteiger partial charge in [0.25, 0.3) is 0 Å². The highest BCUT2D eigenvalue weighted by molar-refractivity contribution is 7.08. The lowest BCUT2D eigenvalue weighted by atomic mass is 9.81. The van der Waals surface area contributed by atoms with Crippen LogP contribution in [0.25, 0.3) is 0 Å². The summed E-state index contributed by atoms with van der Waals surface area (Å²) >= 11 is 1.66. The van der Waals surface area contributed by atoms with E-state index in [0.717, 1.165) is 30.5 Å². The van der Waals surface area contributed by atoms with Crippen LogP contribution in [-0.4, -0.2) is 10.1 Å². The van der Waals surface area contributed by atoms with Gasteiger partial charge in [-0.05, 0) is 59.7 Å². The van der Waals surface area contributed by atoms with Gasteiger partial charge < -0.3 is 5.11 Å². The van der Waals surface area contributed by atoms with E-state index in [1.165, 1.54) is 11.1 Å². The Morgan fingerprint density at radius 3 is 3.11 bits per heavy atom. The number of hydrogen-bond donors (Lipinski definition) is 1. The number of fused-ring (bicyclic) bond motifs is 1. The van der Waals surface area contributed by atoms with Crippen LogP contribution >= 0.6 is 11.3 Å². The number of nitrogens with zero attached hydrogens (tertiary/aromatic N) is 1. The predicted molar refractivity (Wildman–Crippen MR) is 73.9 cm³/mol. The number of aromatic nitrogens is 1. The van der Waals surface area contributed by atoms with Crippen LogP contribution in [0.3, 0.4) is 0 Å². The Kier molecular flexibility index (Phi) is 3.18. The highest BCUT2D eigenvalue weighted by atomic mass is 32.1. The van der Waals surface area contributed by atoms with Crippen molar-refractivity contribution in [1.82, 2.24) is 4.98 Å². The Balaban J connectivity index is 1.97. The lowest BCUT2D eigenvalue weighted by Crippen LogP contribution is -2.18. The van der Waals surface area contributed by atoms with Gasteiger partial charge in [-0.2, -0.15) is 11.3 Å². The first-order chi connectivity index (χ1) is 8.77. The molecule has 3 rings (SSSR count). The summed E-state index contributed by atoms with van der Waals surface area (Å²) in [6, 6.07) is 4.13. The largest absolute Gasteiger partial charge is 0.388 e. The minimum absolute atomic E-state index is 0.156. The van der Waals surface area contributed by atoms with Gasteiger partial charge in [0.05, 0.1) is 6.10 Å². The molecule has 3 heteroatoms. The van der Waals surface area contributed by atoms with Crippen molar-refractivity contribution in [2.24, 2.45) is 0 Å². The van der Waals surface area contributed by atoms with Crippen molar-refractivity contribution in [1.29, 1.82) is 0 Å². The molecule has 0 bridgehead atoms. The summed E-state index contributed by atoms with van der Waals surface area (Å²) in [4.78, 5) is 4.50. The maximum Gasteiger partial charge on any atom is 0.0884 e. The molecule has 1 aliphatic carbocycles. The van der Waals surface area contributed by atoms with Gasteiger partial charge in [-0.15, -0.1) is 0 Å². The fraction of sp³-hybridized carbons (Fsp3) is 0.400. The molecule has 2 aromatic rings. The molecule has 1 N–H and O–H groups in total. The Morgan fingerprint density at radius 2 is 2.33 bits per heavy atom. The van der Waals surface area contributed by atoms with E-state index in [1.807, 2.05) is 12.3 Å². The zero-order valence-corrected chi connectivity index (χ0v) is 11.3. The lowest BCUT2D eigenvalue weighted by molar-refractivity contribution is 0.134. The Bertz CT molecular complexity index is 549. The molecule has 0 saturated heterocycles. The quantitative estimate of drug-likeness (QED) is 0.893. The minimum Gasteiger partial charge on any atom is -0.388 e. The average Bonchev–Trinajstić information content (AvgIpc) is 2.83. The van der Waals surface area contributed by atoms with E-state index in [0.29, 0.717) is 0 Å². The van der Waals surface area contributed by atoms with Gasteiger partial charge in [0, 0.05) is 17.8 Å². The molecular weight excluding hydrogens is 242 g/mol. The molecule has 1 aliphatic rings. The van der Waals surface area contributed by atoms with Crippen molar-refractivity contribution in [3.63, 3.8) is 0 Å².